The van der Waals surface area contributed by atoms with E-state index < -0.39 is 50.2 Å². The number of nitro benzene ring substituents is 1. The normalized spacial score (nSPS) is 20.6. The van der Waals surface area contributed by atoms with Gasteiger partial charge < -0.3 is 9.47 Å². The Morgan fingerprint density at radius 3 is 2.61 bits per heavy atom. The highest BCUT2D eigenvalue weighted by molar-refractivity contribution is 7.84. The summed E-state index contributed by atoms with van der Waals surface area (Å²) in [6, 6.07) is 3.21. The van der Waals surface area contributed by atoms with Crippen LogP contribution in [0.1, 0.15) is 39.7 Å². The highest BCUT2D eigenvalue weighted by Gasteiger charge is 2.64. The lowest BCUT2D eigenvalue weighted by molar-refractivity contribution is -0.385. The van der Waals surface area contributed by atoms with Gasteiger partial charge in [0.2, 0.25) is 0 Å². The van der Waals surface area contributed by atoms with Crippen LogP contribution in [-0.4, -0.2) is 39.0 Å². The van der Waals surface area contributed by atoms with Crippen LogP contribution in [0.4, 0.5) is 14.5 Å². The van der Waals surface area contributed by atoms with Crippen LogP contribution in [0.3, 0.4) is 0 Å². The number of halogens is 2. The van der Waals surface area contributed by atoms with E-state index in [2.05, 4.69) is 9.46 Å². The lowest BCUT2D eigenvalue weighted by Crippen LogP contribution is -2.63. The number of alkyl halides is 2. The van der Waals surface area contributed by atoms with Crippen LogP contribution in [0.25, 0.3) is 0 Å². The highest BCUT2D eigenvalue weighted by atomic mass is 32.2. The summed E-state index contributed by atoms with van der Waals surface area (Å²) >= 11 is 0. The van der Waals surface area contributed by atoms with Crippen molar-refractivity contribution in [2.75, 3.05) is 13.2 Å². The maximum absolute atomic E-state index is 15.4. The molecule has 1 unspecified atom stereocenters. The summed E-state index contributed by atoms with van der Waals surface area (Å²) in [6.07, 6.45) is -0.450. The molecule has 0 aromatic heterocycles. The van der Waals surface area contributed by atoms with Gasteiger partial charge in [-0.25, -0.2) is 13.7 Å². The summed E-state index contributed by atoms with van der Waals surface area (Å²) in [4.78, 5) is 22.6. The molecule has 2 atom stereocenters. The van der Waals surface area contributed by atoms with Crippen LogP contribution in [0.2, 0.25) is 0 Å². The number of fused-ring (bicyclic) bond motifs is 1. The van der Waals surface area contributed by atoms with Crippen molar-refractivity contribution in [2.24, 2.45) is 0 Å². The number of rotatable bonds is 6. The molecule has 156 valence electrons. The van der Waals surface area contributed by atoms with Crippen LogP contribution in [0.5, 0.6) is 5.75 Å². The maximum Gasteiger partial charge on any atom is 0.379 e. The number of hydrogen-bond acceptors (Lipinski definition) is 6. The molecule has 0 radical (unpaired) electrons. The van der Waals surface area contributed by atoms with Crippen LogP contribution < -0.4 is 9.46 Å². The number of esters is 1. The second-order valence-corrected chi connectivity index (χ2v) is 9.19. The number of carbonyl (C=O) groups is 1. The molecule has 0 bridgehead atoms. The Kier molecular flexibility index (Phi) is 6.10. The summed E-state index contributed by atoms with van der Waals surface area (Å²) in [5, 5.41) is 11.2. The van der Waals surface area contributed by atoms with Gasteiger partial charge in [-0.15, -0.1) is 0 Å². The van der Waals surface area contributed by atoms with E-state index in [9.17, 15) is 19.1 Å². The molecule has 1 aromatic rings. The van der Waals surface area contributed by atoms with Gasteiger partial charge in [-0.05, 0) is 33.8 Å². The summed E-state index contributed by atoms with van der Waals surface area (Å²) in [5.41, 5.74) is -3.28. The van der Waals surface area contributed by atoms with E-state index >= 15 is 8.78 Å². The molecule has 0 fully saturated rings. The van der Waals surface area contributed by atoms with Crippen molar-refractivity contribution in [3.63, 3.8) is 0 Å². The fourth-order valence-corrected chi connectivity index (χ4v) is 3.71. The fraction of sp³-hybridized carbons (Fsp3) is 0.588. The van der Waals surface area contributed by atoms with Crippen molar-refractivity contribution in [1.82, 2.24) is 4.72 Å². The van der Waals surface area contributed by atoms with Crippen molar-refractivity contribution in [3.05, 3.63) is 33.9 Å². The van der Waals surface area contributed by atoms with Crippen molar-refractivity contribution in [1.29, 1.82) is 0 Å². The van der Waals surface area contributed by atoms with Crippen LogP contribution in [0.15, 0.2) is 18.2 Å². The van der Waals surface area contributed by atoms with E-state index in [1.807, 2.05) is 0 Å². The van der Waals surface area contributed by atoms with Crippen LogP contribution >= 0.6 is 0 Å². The molecule has 1 aliphatic rings. The fourth-order valence-electron chi connectivity index (χ4n) is 2.74. The quantitative estimate of drug-likeness (QED) is 0.431. The van der Waals surface area contributed by atoms with E-state index in [1.54, 1.807) is 20.8 Å². The Bertz CT molecular complexity index is 811. The second-order valence-electron chi connectivity index (χ2n) is 7.22. The molecule has 0 saturated carbocycles. The van der Waals surface area contributed by atoms with Gasteiger partial charge in [-0.3, -0.25) is 10.1 Å². The van der Waals surface area contributed by atoms with Crippen molar-refractivity contribution >= 4 is 22.6 Å². The lowest BCUT2D eigenvalue weighted by atomic mass is 9.79. The number of carbonyl (C=O) groups excluding carboxylic acids is 1. The molecule has 0 saturated heterocycles. The first-order chi connectivity index (χ1) is 12.9. The molecule has 2 rings (SSSR count). The number of nitro groups is 1. The molecule has 11 heteroatoms. The average Bonchev–Trinajstić information content (AvgIpc) is 2.60. The molecule has 0 aliphatic carbocycles. The van der Waals surface area contributed by atoms with Crippen molar-refractivity contribution in [3.8, 4) is 5.75 Å². The number of nitrogens with zero attached hydrogens (tertiary/aromatic N) is 1. The minimum absolute atomic E-state index is 0.0563. The van der Waals surface area contributed by atoms with Gasteiger partial charge in [0.05, 0.1) is 33.9 Å². The summed E-state index contributed by atoms with van der Waals surface area (Å²) in [7, 11) is -2.03. The number of ether oxygens (including phenoxy) is 2. The van der Waals surface area contributed by atoms with Gasteiger partial charge in [0.1, 0.15) is 11.3 Å². The molecule has 28 heavy (non-hydrogen) atoms. The molecule has 8 nitrogen and oxygen atoms in total. The molecular formula is C17H22F2N2O6S. The summed E-state index contributed by atoms with van der Waals surface area (Å²) in [5.74, 6) is -6.04. The first kappa shape index (κ1) is 22.2. The predicted octanol–water partition coefficient (Wildman–Crippen LogP) is 2.82. The first-order valence-corrected chi connectivity index (χ1v) is 9.68. The minimum atomic E-state index is -4.17. The molecule has 1 aromatic carbocycles. The zero-order valence-corrected chi connectivity index (χ0v) is 16.7. The monoisotopic (exact) mass is 420 g/mol. The van der Waals surface area contributed by atoms with Crippen LogP contribution in [-0.2, 0) is 26.1 Å². The topological polar surface area (TPSA) is 108 Å². The Labute approximate surface area is 163 Å². The smallest absolute Gasteiger partial charge is 0.379 e. The van der Waals surface area contributed by atoms with Gasteiger partial charge in [-0.2, -0.15) is 8.78 Å². The standard InChI is InChI=1S/C17H22F2N2O6S/c1-5-26-14(22)17(18,19)16(20-28(25)15(2,3)4)8-9-27-13-7-6-11(21(23)24)10-12(13)16/h6-7,10,20H,5,8-9H2,1-4H3/t16-,28?/m1/s1. The first-order valence-electron chi connectivity index (χ1n) is 8.53. The average molecular weight is 420 g/mol. The maximum atomic E-state index is 15.4. The molecule has 1 aliphatic heterocycles. The number of nitrogens with one attached hydrogen (secondary N) is 1. The molecule has 0 spiro atoms. The molecular weight excluding hydrogens is 398 g/mol. The predicted molar refractivity (Wildman–Crippen MR) is 97.5 cm³/mol. The van der Waals surface area contributed by atoms with Gasteiger partial charge in [0.15, 0.2) is 0 Å². The summed E-state index contributed by atoms with van der Waals surface area (Å²) < 4.78 is 54.9. The zero-order valence-electron chi connectivity index (χ0n) is 15.9. The lowest BCUT2D eigenvalue weighted by Gasteiger charge is -2.43. The number of hydrogen-bond donors (Lipinski definition) is 1. The molecule has 1 N–H and O–H groups in total. The van der Waals surface area contributed by atoms with Gasteiger partial charge >= 0.3 is 11.9 Å². The Hall–Kier alpha value is -2.14. The number of benzene rings is 1. The molecule has 1 heterocycles. The minimum Gasteiger partial charge on any atom is -0.493 e. The van der Waals surface area contributed by atoms with Crippen molar-refractivity contribution < 1.29 is 32.2 Å². The zero-order chi connectivity index (χ0) is 21.3. The van der Waals surface area contributed by atoms with Crippen molar-refractivity contribution in [2.45, 2.75) is 50.3 Å². The number of non-ortho nitro benzene ring substituents is 1. The van der Waals surface area contributed by atoms with E-state index in [0.717, 1.165) is 12.1 Å². The molecule has 0 amide bonds. The third kappa shape index (κ3) is 3.86. The van der Waals surface area contributed by atoms with E-state index in [0.29, 0.717) is 0 Å². The van der Waals surface area contributed by atoms with Crippen LogP contribution in [0, 0.1) is 10.1 Å². The van der Waals surface area contributed by atoms with E-state index in [-0.39, 0.29) is 24.5 Å². The second kappa shape index (κ2) is 7.70. The third-order valence-electron chi connectivity index (χ3n) is 4.26. The van der Waals surface area contributed by atoms with E-state index in [1.165, 1.54) is 13.0 Å². The Morgan fingerprint density at radius 1 is 1.43 bits per heavy atom. The Morgan fingerprint density at radius 2 is 2.07 bits per heavy atom. The Balaban J connectivity index is 2.74. The van der Waals surface area contributed by atoms with Gasteiger partial charge in [0, 0.05) is 24.1 Å². The van der Waals surface area contributed by atoms with Gasteiger partial charge in [0.25, 0.3) is 5.69 Å². The summed E-state index contributed by atoms with van der Waals surface area (Å²) in [6.45, 7) is 5.59. The van der Waals surface area contributed by atoms with E-state index in [4.69, 9.17) is 4.74 Å². The van der Waals surface area contributed by atoms with Gasteiger partial charge in [-0.1, -0.05) is 0 Å². The highest BCUT2D eigenvalue weighted by Crippen LogP contribution is 2.49. The SMILES string of the molecule is CCOC(=O)C(F)(F)[C@@]1(NS(=O)C(C)(C)C)CCOc2ccc([N+](=O)[O-])cc21. The third-order valence-corrected chi connectivity index (χ3v) is 5.91. The largest absolute Gasteiger partial charge is 0.493 e.